The number of hydrogen-bond acceptors (Lipinski definition) is 10. The normalized spacial score (nSPS) is 50.5. The first kappa shape index (κ1) is 35.2. The van der Waals surface area contributed by atoms with E-state index in [1.54, 1.807) is 17.8 Å². The van der Waals surface area contributed by atoms with Crippen LogP contribution in [0.4, 0.5) is 0 Å². The lowest BCUT2D eigenvalue weighted by Crippen LogP contribution is -2.75. The highest BCUT2D eigenvalue weighted by atomic mass is 32.2. The Labute approximate surface area is 298 Å². The van der Waals surface area contributed by atoms with Crippen molar-refractivity contribution in [2.45, 2.75) is 152 Å². The highest BCUT2D eigenvalue weighted by Crippen LogP contribution is 2.72. The fourth-order valence-corrected chi connectivity index (χ4v) is 16.5. The van der Waals surface area contributed by atoms with E-state index in [0.717, 1.165) is 56.3 Å². The number of cyclic esters (lactones) is 1. The van der Waals surface area contributed by atoms with Crippen LogP contribution in [0.3, 0.4) is 0 Å². The Kier molecular flexibility index (Phi) is 8.30. The molecule has 0 radical (unpaired) electrons. The lowest BCUT2D eigenvalue weighted by atomic mass is 9.42. The van der Waals surface area contributed by atoms with Crippen LogP contribution in [0, 0.1) is 34.5 Å². The van der Waals surface area contributed by atoms with Crippen LogP contribution in [-0.2, 0) is 37.4 Å². The van der Waals surface area contributed by atoms with E-state index in [4.69, 9.17) is 32.8 Å². The van der Waals surface area contributed by atoms with Gasteiger partial charge in [0.1, 0.15) is 12.9 Å². The number of fused-ring (bicyclic) bond motifs is 8. The lowest BCUT2D eigenvalue weighted by Gasteiger charge is -2.67. The Morgan fingerprint density at radius 2 is 1.73 bits per heavy atom. The van der Waals surface area contributed by atoms with Gasteiger partial charge in [-0.15, -0.1) is 11.8 Å². The maximum Gasteiger partial charge on any atom is 0.331 e. The van der Waals surface area contributed by atoms with Crippen molar-refractivity contribution in [2.75, 3.05) is 12.4 Å². The van der Waals surface area contributed by atoms with E-state index in [2.05, 4.69) is 53.1 Å². The molecule has 0 unspecified atom stereocenters. The smallest absolute Gasteiger partial charge is 0.331 e. The predicted molar refractivity (Wildman–Crippen MR) is 193 cm³/mol. The van der Waals surface area contributed by atoms with Crippen LogP contribution in [0.1, 0.15) is 71.6 Å². The molecule has 2 saturated heterocycles. The fraction of sp³-hybridized carbons (Fsp3) is 0.865. The van der Waals surface area contributed by atoms with Gasteiger partial charge >= 0.3 is 5.97 Å². The van der Waals surface area contributed by atoms with Crippen LogP contribution in [0.15, 0.2) is 16.6 Å². The van der Waals surface area contributed by atoms with Gasteiger partial charge in [0.15, 0.2) is 21.5 Å². The zero-order chi connectivity index (χ0) is 34.8. The van der Waals surface area contributed by atoms with E-state index >= 15 is 0 Å². The summed E-state index contributed by atoms with van der Waals surface area (Å²) in [4.78, 5) is 30.6. The van der Waals surface area contributed by atoms with Crippen molar-refractivity contribution >= 4 is 46.9 Å². The Morgan fingerprint density at radius 1 is 0.959 bits per heavy atom. The zero-order valence-corrected chi connectivity index (χ0v) is 33.6. The summed E-state index contributed by atoms with van der Waals surface area (Å²) in [5, 5.41) is 0. The third-order valence-corrected chi connectivity index (χ3v) is 17.0. The highest BCUT2D eigenvalue weighted by Gasteiger charge is 2.74. The van der Waals surface area contributed by atoms with Crippen molar-refractivity contribution < 1.29 is 37.4 Å². The van der Waals surface area contributed by atoms with E-state index in [9.17, 15) is 9.59 Å². The maximum absolute atomic E-state index is 13.9. The number of ether oxygens (including phenoxy) is 4. The van der Waals surface area contributed by atoms with Crippen molar-refractivity contribution in [3.63, 3.8) is 0 Å². The molecule has 0 N–H and O–H groups in total. The molecule has 12 heteroatoms. The number of hydrogen-bond donors (Lipinski definition) is 0. The summed E-state index contributed by atoms with van der Waals surface area (Å²) >= 11 is 1.78. The molecule has 49 heavy (non-hydrogen) atoms. The fourth-order valence-electron chi connectivity index (χ4n) is 12.3. The van der Waals surface area contributed by atoms with Crippen LogP contribution in [0.5, 0.6) is 0 Å². The molecule has 6 fully saturated rings. The monoisotopic (exact) mass is 731 g/mol. The average molecular weight is 732 g/mol. The molecule has 0 aromatic rings. The quantitative estimate of drug-likeness (QED) is 0.125. The number of thioether (sulfide) groups is 1. The zero-order valence-electron chi connectivity index (χ0n) is 30.8. The number of rotatable bonds is 6. The van der Waals surface area contributed by atoms with Crippen molar-refractivity contribution in [3.05, 3.63) is 11.6 Å². The first-order valence-electron chi connectivity index (χ1n) is 18.9. The van der Waals surface area contributed by atoms with Gasteiger partial charge in [0.25, 0.3) is 0 Å². The van der Waals surface area contributed by atoms with Crippen LogP contribution in [0.2, 0.25) is 39.3 Å². The summed E-state index contributed by atoms with van der Waals surface area (Å²) in [7, 11) is -4.21. The summed E-state index contributed by atoms with van der Waals surface area (Å²) in [6.45, 7) is 18.4. The molecule has 8 rings (SSSR count). The largest absolute Gasteiger partial charge is 0.458 e. The van der Waals surface area contributed by atoms with Gasteiger partial charge in [0.2, 0.25) is 12.1 Å². The first-order valence-corrected chi connectivity index (χ1v) is 26.7. The number of esters is 1. The number of aliphatic imine (C=N–C) groups is 1. The molecule has 9 nitrogen and oxygen atoms in total. The topological polar surface area (TPSA) is 102 Å². The molecular weight excluding hydrogens is 675 g/mol. The van der Waals surface area contributed by atoms with Crippen LogP contribution in [0.25, 0.3) is 0 Å². The van der Waals surface area contributed by atoms with Crippen molar-refractivity contribution in [1.82, 2.24) is 0 Å². The molecule has 0 aromatic carbocycles. The Morgan fingerprint density at radius 3 is 2.39 bits per heavy atom. The summed E-state index contributed by atoms with van der Waals surface area (Å²) in [5.74, 6) is 0.309. The Bertz CT molecular complexity index is 1450. The highest BCUT2D eigenvalue weighted by molar-refractivity contribution is 8.01. The standard InChI is InChI=1S/C37H57NO8SSi2/c1-23-19-36(38-15-16-47-36)37(46-49(6,7)8)32(42-23)43-29-18-25-9-10-28-27(34(25,22-39)20-30(29)44-37)11-13-33(2)26(24-17-31(40)41-21-24)12-14-35(28,33)45-48(3,4)5/h15,17,22-23,25-30,32H,9-14,16,18-21H2,1-8H3/t23-,25+,26-,27+,28-,29-,30-,32+,33-,34-,35+,36+,37+/m1/s1. The van der Waals surface area contributed by atoms with Gasteiger partial charge in [0.05, 0.1) is 23.9 Å². The molecule has 0 amide bonds. The predicted octanol–water partition coefficient (Wildman–Crippen LogP) is 6.87. The SMILES string of the molecule is C[C@@H]1C[C@@]2(N=CCS2)[C@]2(O[Si](C)(C)C)O[C@@H]3C[C@@]4(C=O)[C@@H](CC[C@@H]5[C@@H]4CC[C@]4(C)[C@@H](C6=CC(=O)OC6)CC[C@]54O[Si](C)(C)C)C[C@H]3O[C@@H]2O1. The van der Waals surface area contributed by atoms with Crippen molar-refractivity contribution in [3.8, 4) is 0 Å². The van der Waals surface area contributed by atoms with E-state index in [1.807, 2.05) is 6.21 Å². The van der Waals surface area contributed by atoms with E-state index in [-0.39, 0.29) is 59.0 Å². The summed E-state index contributed by atoms with van der Waals surface area (Å²) in [6.07, 6.45) is 11.9. The van der Waals surface area contributed by atoms with Gasteiger partial charge in [-0.1, -0.05) is 6.92 Å². The Balaban J connectivity index is 1.16. The van der Waals surface area contributed by atoms with Gasteiger partial charge in [-0.2, -0.15) is 0 Å². The molecular formula is C37H57NO8SSi2. The number of carbonyl (C=O) groups is 2. The first-order chi connectivity index (χ1) is 23.0. The van der Waals surface area contributed by atoms with Gasteiger partial charge in [-0.05, 0) is 127 Å². The molecule has 0 bridgehead atoms. The van der Waals surface area contributed by atoms with Gasteiger partial charge in [-0.3, -0.25) is 4.99 Å². The minimum Gasteiger partial charge on any atom is -0.458 e. The molecule has 1 spiro atoms. The number of aldehydes is 1. The summed E-state index contributed by atoms with van der Waals surface area (Å²) in [5.41, 5.74) is 0.116. The van der Waals surface area contributed by atoms with Crippen molar-refractivity contribution in [2.24, 2.45) is 39.5 Å². The van der Waals surface area contributed by atoms with Crippen LogP contribution in [-0.4, -0.2) is 88.3 Å². The van der Waals surface area contributed by atoms with Gasteiger partial charge in [-0.25, -0.2) is 4.79 Å². The van der Waals surface area contributed by atoms with Crippen LogP contribution >= 0.6 is 11.8 Å². The molecule has 4 aliphatic heterocycles. The van der Waals surface area contributed by atoms with E-state index in [1.165, 1.54) is 6.29 Å². The second-order valence-corrected chi connectivity index (χ2v) is 28.9. The van der Waals surface area contributed by atoms with Gasteiger partial charge in [0, 0.05) is 35.3 Å². The molecule has 0 aromatic heterocycles. The van der Waals surface area contributed by atoms with Crippen LogP contribution < -0.4 is 0 Å². The third kappa shape index (κ3) is 5.18. The minimum absolute atomic E-state index is 0.0432. The molecule has 8 aliphatic rings. The van der Waals surface area contributed by atoms with Gasteiger partial charge < -0.3 is 32.6 Å². The molecule has 13 atom stereocenters. The second kappa shape index (κ2) is 11.6. The number of carbonyl (C=O) groups excluding carboxylic acids is 2. The average Bonchev–Trinajstić information content (AvgIpc) is 3.72. The van der Waals surface area contributed by atoms with Crippen molar-refractivity contribution in [1.29, 1.82) is 0 Å². The lowest BCUT2D eigenvalue weighted by molar-refractivity contribution is -0.439. The maximum atomic E-state index is 13.9. The van der Waals surface area contributed by atoms with E-state index in [0.29, 0.717) is 19.4 Å². The molecule has 272 valence electrons. The molecule has 4 heterocycles. The number of nitrogens with zero attached hydrogens (tertiary/aromatic N) is 1. The second-order valence-electron chi connectivity index (χ2n) is 18.7. The molecule has 4 saturated carbocycles. The third-order valence-electron chi connectivity index (χ3n) is 13.8. The van der Waals surface area contributed by atoms with E-state index < -0.39 is 39.0 Å². The minimum atomic E-state index is -2.19. The summed E-state index contributed by atoms with van der Waals surface area (Å²) < 4.78 is 41.1. The Hall–Kier alpha value is -0.866. The summed E-state index contributed by atoms with van der Waals surface area (Å²) in [6, 6.07) is 0. The molecule has 4 aliphatic carbocycles.